The number of nitrogens with one attached hydrogen (secondary N) is 2. The number of sulfone groups is 1. The van der Waals surface area contributed by atoms with Crippen molar-refractivity contribution in [3.8, 4) is 0 Å². The van der Waals surface area contributed by atoms with Gasteiger partial charge in [0.15, 0.2) is 15.8 Å². The topological polar surface area (TPSA) is 73.8 Å². The molecule has 0 bridgehead atoms. The van der Waals surface area contributed by atoms with E-state index >= 15 is 0 Å². The number of nitrogens with zero attached hydrogens (tertiary/aromatic N) is 2. The molecule has 0 unspecified atom stereocenters. The molecule has 7 heteroatoms. The van der Waals surface area contributed by atoms with Gasteiger partial charge in [-0.15, -0.1) is 0 Å². The molecule has 1 heterocycles. The number of hydrogen-bond acceptors (Lipinski definition) is 4. The van der Waals surface area contributed by atoms with Crippen LogP contribution in [0, 0.1) is 0 Å². The predicted molar refractivity (Wildman–Crippen MR) is 129 cm³/mol. The summed E-state index contributed by atoms with van der Waals surface area (Å²) in [5, 5.41) is 7.06. The van der Waals surface area contributed by atoms with Crippen molar-refractivity contribution in [3.63, 3.8) is 0 Å². The zero-order valence-corrected chi connectivity index (χ0v) is 20.1. The van der Waals surface area contributed by atoms with Crippen LogP contribution in [0.15, 0.2) is 29.3 Å². The first kappa shape index (κ1) is 24.1. The van der Waals surface area contributed by atoms with Crippen molar-refractivity contribution in [2.45, 2.75) is 76.1 Å². The molecule has 0 aromatic heterocycles. The van der Waals surface area contributed by atoms with Crippen LogP contribution in [0.25, 0.3) is 0 Å². The third kappa shape index (κ3) is 7.49. The van der Waals surface area contributed by atoms with Crippen LogP contribution in [0.5, 0.6) is 0 Å². The van der Waals surface area contributed by atoms with Crippen molar-refractivity contribution in [1.29, 1.82) is 0 Å². The smallest absolute Gasteiger partial charge is 0.191 e. The number of rotatable bonds is 8. The molecule has 0 radical (unpaired) electrons. The Hall–Kier alpha value is -1.60. The first-order chi connectivity index (χ1) is 14.9. The van der Waals surface area contributed by atoms with Crippen molar-refractivity contribution < 1.29 is 8.42 Å². The number of hydrogen-bond donors (Lipinski definition) is 2. The average Bonchev–Trinajstić information content (AvgIpc) is 2.77. The molecule has 0 atom stereocenters. The van der Waals surface area contributed by atoms with E-state index in [1.54, 1.807) is 0 Å². The maximum absolute atomic E-state index is 11.5. The molecule has 2 aliphatic rings. The first-order valence-electron chi connectivity index (χ1n) is 11.9. The van der Waals surface area contributed by atoms with Crippen molar-refractivity contribution in [1.82, 2.24) is 15.5 Å². The Balaban J connectivity index is 1.63. The lowest BCUT2D eigenvalue weighted by Gasteiger charge is -2.48. The Morgan fingerprint density at radius 2 is 1.58 bits per heavy atom. The van der Waals surface area contributed by atoms with Gasteiger partial charge in [0.1, 0.15) is 0 Å². The normalized spacial score (nSPS) is 20.4. The molecule has 3 rings (SSSR count). The van der Waals surface area contributed by atoms with Crippen molar-refractivity contribution in [3.05, 3.63) is 35.4 Å². The molecule has 1 aromatic rings. The quantitative estimate of drug-likeness (QED) is 0.471. The molecule has 1 saturated carbocycles. The SMILES string of the molecule is CCNC(=NCc1ccc(CS(C)(=O)=O)cc1)NCC1(N2CCCCC2)CCCCC1. The average molecular weight is 449 g/mol. The van der Waals surface area contributed by atoms with Gasteiger partial charge in [-0.3, -0.25) is 4.90 Å². The molecule has 1 saturated heterocycles. The Bertz CT molecular complexity index is 808. The van der Waals surface area contributed by atoms with Gasteiger partial charge in [0, 0.05) is 24.9 Å². The van der Waals surface area contributed by atoms with Gasteiger partial charge in [-0.2, -0.15) is 0 Å². The summed E-state index contributed by atoms with van der Waals surface area (Å²) in [4.78, 5) is 7.56. The van der Waals surface area contributed by atoms with Gasteiger partial charge in [0.2, 0.25) is 0 Å². The summed E-state index contributed by atoms with van der Waals surface area (Å²) < 4.78 is 22.9. The van der Waals surface area contributed by atoms with Gasteiger partial charge in [-0.05, 0) is 56.8 Å². The molecule has 2 N–H and O–H groups in total. The lowest BCUT2D eigenvalue weighted by atomic mass is 9.79. The number of benzene rings is 1. The zero-order chi connectivity index (χ0) is 22.2. The van der Waals surface area contributed by atoms with Gasteiger partial charge in [-0.25, -0.2) is 13.4 Å². The van der Waals surface area contributed by atoms with E-state index in [2.05, 4.69) is 22.5 Å². The second-order valence-electron chi connectivity index (χ2n) is 9.27. The van der Waals surface area contributed by atoms with E-state index in [1.165, 1.54) is 70.7 Å². The molecule has 1 aromatic carbocycles. The maximum Gasteiger partial charge on any atom is 0.191 e. The van der Waals surface area contributed by atoms with E-state index in [0.29, 0.717) is 6.54 Å². The van der Waals surface area contributed by atoms with Gasteiger partial charge in [0.05, 0.1) is 12.3 Å². The number of piperidine rings is 1. The summed E-state index contributed by atoms with van der Waals surface area (Å²) in [5.41, 5.74) is 2.17. The van der Waals surface area contributed by atoms with Crippen LogP contribution in [0.3, 0.4) is 0 Å². The molecule has 0 spiro atoms. The molecular weight excluding hydrogens is 408 g/mol. The van der Waals surface area contributed by atoms with Gasteiger partial charge >= 0.3 is 0 Å². The summed E-state index contributed by atoms with van der Waals surface area (Å²) >= 11 is 0. The van der Waals surface area contributed by atoms with Crippen LogP contribution >= 0.6 is 0 Å². The maximum atomic E-state index is 11.5. The van der Waals surface area contributed by atoms with Crippen LogP contribution in [0.4, 0.5) is 0 Å². The summed E-state index contributed by atoms with van der Waals surface area (Å²) in [6, 6.07) is 7.73. The number of aliphatic imine (C=N–C) groups is 1. The van der Waals surface area contributed by atoms with E-state index in [4.69, 9.17) is 4.99 Å². The minimum Gasteiger partial charge on any atom is -0.357 e. The molecular formula is C24H40N4O2S. The van der Waals surface area contributed by atoms with Crippen LogP contribution in [0.1, 0.15) is 69.4 Å². The largest absolute Gasteiger partial charge is 0.357 e. The molecule has 1 aliphatic carbocycles. The highest BCUT2D eigenvalue weighted by atomic mass is 32.2. The Morgan fingerprint density at radius 1 is 0.968 bits per heavy atom. The standard InChI is InChI=1S/C24H40N4O2S/c1-3-25-23(26-18-21-10-12-22(13-11-21)19-31(2,29)30)27-20-24(14-6-4-7-15-24)28-16-8-5-9-17-28/h10-13H,3-9,14-20H2,1-2H3,(H2,25,26,27). The fourth-order valence-corrected chi connectivity index (χ4v) is 5.78. The van der Waals surface area contributed by atoms with Crippen molar-refractivity contribution in [2.75, 3.05) is 32.4 Å². The summed E-state index contributed by atoms with van der Waals surface area (Å²) in [5.74, 6) is 0.948. The zero-order valence-electron chi connectivity index (χ0n) is 19.3. The molecule has 174 valence electrons. The molecule has 0 amide bonds. The third-order valence-corrected chi connectivity index (χ3v) is 7.47. The van der Waals surface area contributed by atoms with Crippen molar-refractivity contribution >= 4 is 15.8 Å². The minimum absolute atomic E-state index is 0.0827. The molecule has 31 heavy (non-hydrogen) atoms. The van der Waals surface area contributed by atoms with E-state index in [0.717, 1.165) is 30.2 Å². The number of guanidine groups is 1. The van der Waals surface area contributed by atoms with Crippen LogP contribution in [0.2, 0.25) is 0 Å². The van der Waals surface area contributed by atoms with Gasteiger partial charge < -0.3 is 10.6 Å². The molecule has 2 fully saturated rings. The van der Waals surface area contributed by atoms with E-state index in [9.17, 15) is 8.42 Å². The highest BCUT2D eigenvalue weighted by Crippen LogP contribution is 2.35. The van der Waals surface area contributed by atoms with Gasteiger partial charge in [0.25, 0.3) is 0 Å². The van der Waals surface area contributed by atoms with Crippen LogP contribution < -0.4 is 10.6 Å². The first-order valence-corrected chi connectivity index (χ1v) is 14.0. The monoisotopic (exact) mass is 448 g/mol. The molecule has 1 aliphatic heterocycles. The second-order valence-corrected chi connectivity index (χ2v) is 11.4. The second kappa shape index (κ2) is 11.3. The van der Waals surface area contributed by atoms with E-state index < -0.39 is 9.84 Å². The highest BCUT2D eigenvalue weighted by molar-refractivity contribution is 7.89. The van der Waals surface area contributed by atoms with E-state index in [1.807, 2.05) is 24.3 Å². The predicted octanol–water partition coefficient (Wildman–Crippen LogP) is 3.48. The third-order valence-electron chi connectivity index (χ3n) is 6.61. The minimum atomic E-state index is -3.01. The Labute approximate surface area is 188 Å². The highest BCUT2D eigenvalue weighted by Gasteiger charge is 2.38. The van der Waals surface area contributed by atoms with Crippen LogP contribution in [-0.4, -0.2) is 57.3 Å². The molecule has 6 nitrogen and oxygen atoms in total. The van der Waals surface area contributed by atoms with Gasteiger partial charge in [-0.1, -0.05) is 49.9 Å². The lowest BCUT2D eigenvalue weighted by molar-refractivity contribution is 0.0368. The summed E-state index contributed by atoms with van der Waals surface area (Å²) in [7, 11) is -3.01. The fourth-order valence-electron chi connectivity index (χ4n) is 4.99. The number of likely N-dealkylation sites (tertiary alicyclic amines) is 1. The Morgan fingerprint density at radius 3 is 2.19 bits per heavy atom. The van der Waals surface area contributed by atoms with E-state index in [-0.39, 0.29) is 11.3 Å². The Kier molecular flexibility index (Phi) is 8.78. The lowest BCUT2D eigenvalue weighted by Crippen LogP contribution is -2.59. The fraction of sp³-hybridized carbons (Fsp3) is 0.708. The van der Waals surface area contributed by atoms with Crippen LogP contribution in [-0.2, 0) is 22.1 Å². The van der Waals surface area contributed by atoms with Crippen molar-refractivity contribution in [2.24, 2.45) is 4.99 Å². The summed E-state index contributed by atoms with van der Waals surface area (Å²) in [6.07, 6.45) is 11.9. The summed E-state index contributed by atoms with van der Waals surface area (Å²) in [6.45, 7) is 6.91.